The zero-order valence-corrected chi connectivity index (χ0v) is 15.7. The molecule has 3 aromatic heterocycles. The molecule has 0 atom stereocenters. The molecule has 0 aliphatic heterocycles. The second-order valence-electron chi connectivity index (χ2n) is 6.19. The molecule has 1 aromatic carbocycles. The summed E-state index contributed by atoms with van der Waals surface area (Å²) >= 11 is 7.29. The molecule has 0 spiro atoms. The van der Waals surface area contributed by atoms with Gasteiger partial charge in [0, 0.05) is 7.05 Å². The summed E-state index contributed by atoms with van der Waals surface area (Å²) in [5.41, 5.74) is 7.03. The Balaban J connectivity index is 2.03. The maximum absolute atomic E-state index is 5.55. The van der Waals surface area contributed by atoms with Crippen molar-refractivity contribution in [3.8, 4) is 17.2 Å². The third kappa shape index (κ3) is 2.17. The molecular weight excluding hydrogens is 336 g/mol. The van der Waals surface area contributed by atoms with Crippen molar-refractivity contribution in [3.05, 3.63) is 51.1 Å². The number of benzene rings is 1. The fourth-order valence-corrected chi connectivity index (χ4v) is 4.54. The predicted octanol–water partition coefficient (Wildman–Crippen LogP) is 5.08. The van der Waals surface area contributed by atoms with Crippen molar-refractivity contribution in [1.29, 1.82) is 0 Å². The van der Waals surface area contributed by atoms with Gasteiger partial charge < -0.3 is 4.57 Å². The lowest BCUT2D eigenvalue weighted by Crippen LogP contribution is -2.05. The molecule has 0 saturated heterocycles. The molecule has 0 unspecified atom stereocenters. The Hall–Kier alpha value is -2.18. The summed E-state index contributed by atoms with van der Waals surface area (Å²) in [6.07, 6.45) is 0. The van der Waals surface area contributed by atoms with Gasteiger partial charge in [0.1, 0.15) is 0 Å². The van der Waals surface area contributed by atoms with Crippen molar-refractivity contribution in [3.63, 3.8) is 0 Å². The van der Waals surface area contributed by atoms with Crippen molar-refractivity contribution in [2.75, 3.05) is 0 Å². The summed E-state index contributed by atoms with van der Waals surface area (Å²) in [7, 11) is 2.07. The van der Waals surface area contributed by atoms with Gasteiger partial charge in [0.2, 0.25) is 0 Å². The molecule has 4 rings (SSSR count). The van der Waals surface area contributed by atoms with Gasteiger partial charge in [-0.2, -0.15) is 5.10 Å². The summed E-state index contributed by atoms with van der Waals surface area (Å²) in [4.78, 5) is 0. The number of aromatic nitrogens is 4. The maximum atomic E-state index is 5.55. The van der Waals surface area contributed by atoms with Gasteiger partial charge in [0.05, 0.1) is 21.6 Å². The van der Waals surface area contributed by atoms with Gasteiger partial charge in [0.25, 0.3) is 0 Å². The van der Waals surface area contributed by atoms with E-state index in [0.717, 1.165) is 17.2 Å². The molecule has 4 nitrogen and oxygen atoms in total. The molecule has 24 heavy (non-hydrogen) atoms. The van der Waals surface area contributed by atoms with Crippen LogP contribution in [0.2, 0.25) is 0 Å². The Morgan fingerprint density at radius 2 is 1.83 bits per heavy atom. The zero-order valence-electron chi connectivity index (χ0n) is 14.0. The number of thiophene rings is 1. The highest BCUT2D eigenvalue weighted by Gasteiger charge is 2.18. The summed E-state index contributed by atoms with van der Waals surface area (Å²) in [5.74, 6) is 0.848. The minimum atomic E-state index is 0.615. The Morgan fingerprint density at radius 3 is 2.50 bits per heavy atom. The number of aryl methyl sites for hydroxylation is 4. The van der Waals surface area contributed by atoms with Gasteiger partial charge in [-0.3, -0.25) is 9.67 Å². The largest absolute Gasteiger partial charge is 0.340 e. The molecule has 0 bridgehead atoms. The summed E-state index contributed by atoms with van der Waals surface area (Å²) < 4.78 is 6.10. The van der Waals surface area contributed by atoms with E-state index in [9.17, 15) is 0 Å². The first kappa shape index (κ1) is 15.4. The Bertz CT molecular complexity index is 1100. The minimum absolute atomic E-state index is 0.615. The van der Waals surface area contributed by atoms with E-state index in [-0.39, 0.29) is 0 Å². The molecule has 0 aliphatic carbocycles. The van der Waals surface area contributed by atoms with Crippen LogP contribution in [0.15, 0.2) is 29.6 Å². The first-order valence-electron chi connectivity index (χ1n) is 7.76. The van der Waals surface area contributed by atoms with Crippen LogP contribution < -0.4 is 0 Å². The van der Waals surface area contributed by atoms with Gasteiger partial charge >= 0.3 is 0 Å². The Kier molecular flexibility index (Phi) is 3.47. The maximum Gasteiger partial charge on any atom is 0.200 e. The molecule has 0 fully saturated rings. The minimum Gasteiger partial charge on any atom is -0.340 e. The number of nitrogens with zero attached hydrogens (tertiary/aromatic N) is 3. The summed E-state index contributed by atoms with van der Waals surface area (Å²) in [6.45, 7) is 6.36. The van der Waals surface area contributed by atoms with E-state index >= 15 is 0 Å². The number of nitrogens with one attached hydrogen (secondary N) is 1. The van der Waals surface area contributed by atoms with Crippen LogP contribution in [0.3, 0.4) is 0 Å². The highest BCUT2D eigenvalue weighted by Crippen LogP contribution is 2.32. The lowest BCUT2D eigenvalue weighted by atomic mass is 10.0. The fourth-order valence-electron chi connectivity index (χ4n) is 3.47. The highest BCUT2D eigenvalue weighted by atomic mass is 32.1. The SMILES string of the molecule is Cc1cc(C)c(-n2c(-c3cc4sccc4n3C)n[nH]c2=S)c(C)c1. The molecule has 6 heteroatoms. The molecule has 0 aliphatic rings. The molecule has 4 aromatic rings. The van der Waals surface area contributed by atoms with E-state index in [0.29, 0.717) is 4.77 Å². The van der Waals surface area contributed by atoms with E-state index in [4.69, 9.17) is 12.2 Å². The number of fused-ring (bicyclic) bond motifs is 1. The highest BCUT2D eigenvalue weighted by molar-refractivity contribution is 7.71. The van der Waals surface area contributed by atoms with Crippen LogP contribution in [0, 0.1) is 25.5 Å². The van der Waals surface area contributed by atoms with E-state index in [1.54, 1.807) is 11.3 Å². The van der Waals surface area contributed by atoms with E-state index < -0.39 is 0 Å². The predicted molar refractivity (Wildman–Crippen MR) is 103 cm³/mol. The molecule has 0 radical (unpaired) electrons. The average Bonchev–Trinajstić information content (AvgIpc) is 3.17. The Morgan fingerprint density at radius 1 is 1.12 bits per heavy atom. The monoisotopic (exact) mass is 354 g/mol. The van der Waals surface area contributed by atoms with Crippen LogP contribution in [0.25, 0.3) is 27.4 Å². The van der Waals surface area contributed by atoms with Gasteiger partial charge in [-0.05, 0) is 61.6 Å². The number of hydrogen-bond acceptors (Lipinski definition) is 3. The Labute approximate surface area is 149 Å². The summed E-state index contributed by atoms with van der Waals surface area (Å²) in [6, 6.07) is 8.69. The van der Waals surface area contributed by atoms with E-state index in [2.05, 4.69) is 76.8 Å². The third-order valence-corrected chi connectivity index (χ3v) is 5.55. The molecule has 0 amide bonds. The number of aromatic amines is 1. The van der Waals surface area contributed by atoms with Crippen LogP contribution in [0.1, 0.15) is 16.7 Å². The van der Waals surface area contributed by atoms with Gasteiger partial charge in [-0.15, -0.1) is 11.3 Å². The van der Waals surface area contributed by atoms with Crippen LogP contribution in [0.4, 0.5) is 0 Å². The van der Waals surface area contributed by atoms with E-state index in [1.165, 1.54) is 26.9 Å². The zero-order chi connectivity index (χ0) is 17.0. The van der Waals surface area contributed by atoms with Crippen molar-refractivity contribution in [2.45, 2.75) is 20.8 Å². The normalized spacial score (nSPS) is 11.5. The number of rotatable bonds is 2. The van der Waals surface area contributed by atoms with Crippen LogP contribution in [-0.4, -0.2) is 19.3 Å². The van der Waals surface area contributed by atoms with Crippen LogP contribution in [-0.2, 0) is 7.05 Å². The van der Waals surface area contributed by atoms with Gasteiger partial charge in [0.15, 0.2) is 10.6 Å². The lowest BCUT2D eigenvalue weighted by molar-refractivity contribution is 0.934. The topological polar surface area (TPSA) is 38.5 Å². The first-order chi connectivity index (χ1) is 11.5. The molecule has 3 heterocycles. The standard InChI is InChI=1S/C18H18N4S2/c1-10-7-11(2)16(12(3)8-10)22-17(19-20-18(22)23)14-9-15-13(21(14)4)5-6-24-15/h5-9H,1-4H3,(H,20,23). The molecule has 0 saturated carbocycles. The summed E-state index contributed by atoms with van der Waals surface area (Å²) in [5, 5.41) is 9.62. The van der Waals surface area contributed by atoms with Crippen molar-refractivity contribution < 1.29 is 0 Å². The first-order valence-corrected chi connectivity index (χ1v) is 9.05. The van der Waals surface area contributed by atoms with Crippen molar-refractivity contribution >= 4 is 33.8 Å². The van der Waals surface area contributed by atoms with Gasteiger partial charge in [-0.25, -0.2) is 0 Å². The molecular formula is C18H18N4S2. The second-order valence-corrected chi connectivity index (χ2v) is 7.53. The average molecular weight is 355 g/mol. The second kappa shape index (κ2) is 5.43. The van der Waals surface area contributed by atoms with Crippen LogP contribution >= 0.6 is 23.6 Å². The quantitative estimate of drug-likeness (QED) is 0.510. The fraction of sp³-hybridized carbons (Fsp3) is 0.222. The van der Waals surface area contributed by atoms with Gasteiger partial charge in [-0.1, -0.05) is 17.7 Å². The number of hydrogen-bond donors (Lipinski definition) is 1. The molecule has 1 N–H and O–H groups in total. The van der Waals surface area contributed by atoms with E-state index in [1.807, 2.05) is 0 Å². The number of H-pyrrole nitrogens is 1. The van der Waals surface area contributed by atoms with Crippen molar-refractivity contribution in [2.24, 2.45) is 7.05 Å². The molecule has 122 valence electrons. The smallest absolute Gasteiger partial charge is 0.200 e. The van der Waals surface area contributed by atoms with Crippen molar-refractivity contribution in [1.82, 2.24) is 19.3 Å². The lowest BCUT2D eigenvalue weighted by Gasteiger charge is -2.14. The van der Waals surface area contributed by atoms with Crippen LogP contribution in [0.5, 0.6) is 0 Å². The third-order valence-electron chi connectivity index (χ3n) is 4.42.